The van der Waals surface area contributed by atoms with Crippen LogP contribution >= 0.6 is 0 Å². The predicted molar refractivity (Wildman–Crippen MR) is 144 cm³/mol. The summed E-state index contributed by atoms with van der Waals surface area (Å²) in [6.45, 7) is 4.61. The average molecular weight is 494 g/mol. The van der Waals surface area contributed by atoms with Gasteiger partial charge in [0.15, 0.2) is 11.5 Å². The minimum absolute atomic E-state index is 0.0401. The zero-order chi connectivity index (χ0) is 25.9. The van der Waals surface area contributed by atoms with E-state index in [0.717, 1.165) is 10.8 Å². The normalized spacial score (nSPS) is 16.8. The summed E-state index contributed by atoms with van der Waals surface area (Å²) < 4.78 is 11.4. The van der Waals surface area contributed by atoms with Crippen molar-refractivity contribution in [2.75, 3.05) is 18.1 Å². The Bertz CT molecular complexity index is 1510. The maximum atomic E-state index is 13.5. The Labute approximate surface area is 215 Å². The van der Waals surface area contributed by atoms with Crippen molar-refractivity contribution in [1.82, 2.24) is 0 Å². The summed E-state index contributed by atoms with van der Waals surface area (Å²) in [6.07, 6.45) is 0. The SMILES string of the molecule is CCOc1ccc(N2C(=O)C(=O)/C(=C(\O)c3ccc4ccccc4c3)C2c2ccccc2)cc1OCC. The number of carbonyl (C=O) groups excluding carboxylic acids is 2. The number of hydrogen-bond donors (Lipinski definition) is 1. The lowest BCUT2D eigenvalue weighted by Gasteiger charge is -2.26. The third-order valence-electron chi connectivity index (χ3n) is 6.39. The van der Waals surface area contributed by atoms with Crippen LogP contribution in [0.2, 0.25) is 0 Å². The molecule has 4 aromatic rings. The van der Waals surface area contributed by atoms with Crippen LogP contribution in [0.1, 0.15) is 31.0 Å². The molecule has 1 unspecified atom stereocenters. The van der Waals surface area contributed by atoms with Crippen molar-refractivity contribution in [3.63, 3.8) is 0 Å². The van der Waals surface area contributed by atoms with Gasteiger partial charge in [-0.05, 0) is 48.4 Å². The average Bonchev–Trinajstić information content (AvgIpc) is 3.20. The van der Waals surface area contributed by atoms with Crippen LogP contribution in [0.4, 0.5) is 5.69 Å². The molecule has 1 aliphatic heterocycles. The molecule has 1 fully saturated rings. The Morgan fingerprint density at radius 1 is 0.784 bits per heavy atom. The van der Waals surface area contributed by atoms with Crippen LogP contribution in [0, 0.1) is 0 Å². The fourth-order valence-electron chi connectivity index (χ4n) is 4.73. The molecule has 0 radical (unpaired) electrons. The van der Waals surface area contributed by atoms with E-state index in [4.69, 9.17) is 9.47 Å². The largest absolute Gasteiger partial charge is 0.507 e. The highest BCUT2D eigenvalue weighted by molar-refractivity contribution is 6.51. The van der Waals surface area contributed by atoms with E-state index in [-0.39, 0.29) is 11.3 Å². The number of nitrogens with zero attached hydrogens (tertiary/aromatic N) is 1. The van der Waals surface area contributed by atoms with E-state index in [1.54, 1.807) is 24.3 Å². The fraction of sp³-hybridized carbons (Fsp3) is 0.161. The monoisotopic (exact) mass is 493 g/mol. The molecular weight excluding hydrogens is 466 g/mol. The van der Waals surface area contributed by atoms with Gasteiger partial charge in [-0.1, -0.05) is 66.7 Å². The van der Waals surface area contributed by atoms with E-state index in [1.807, 2.05) is 80.6 Å². The van der Waals surface area contributed by atoms with E-state index < -0.39 is 17.7 Å². The highest BCUT2D eigenvalue weighted by atomic mass is 16.5. The summed E-state index contributed by atoms with van der Waals surface area (Å²) in [5.74, 6) is -0.646. The van der Waals surface area contributed by atoms with Gasteiger partial charge in [0.05, 0.1) is 24.8 Å². The zero-order valence-corrected chi connectivity index (χ0v) is 20.7. The minimum atomic E-state index is -0.819. The number of benzene rings is 4. The summed E-state index contributed by atoms with van der Waals surface area (Å²) >= 11 is 0. The molecule has 1 aliphatic rings. The first-order chi connectivity index (χ1) is 18.0. The summed E-state index contributed by atoms with van der Waals surface area (Å²) in [6, 6.07) is 26.8. The summed E-state index contributed by atoms with van der Waals surface area (Å²) in [7, 11) is 0. The summed E-state index contributed by atoms with van der Waals surface area (Å²) in [5, 5.41) is 13.4. The van der Waals surface area contributed by atoms with Gasteiger partial charge in [-0.15, -0.1) is 0 Å². The van der Waals surface area contributed by atoms with Gasteiger partial charge in [-0.25, -0.2) is 0 Å². The number of aliphatic hydroxyl groups is 1. The first kappa shape index (κ1) is 24.1. The van der Waals surface area contributed by atoms with Gasteiger partial charge in [0, 0.05) is 17.3 Å². The first-order valence-electron chi connectivity index (χ1n) is 12.3. The Hall–Kier alpha value is -4.58. The first-order valence-corrected chi connectivity index (χ1v) is 12.3. The molecule has 4 aromatic carbocycles. The molecular formula is C31H27NO5. The molecule has 6 nitrogen and oxygen atoms in total. The van der Waals surface area contributed by atoms with Crippen molar-refractivity contribution >= 4 is 33.9 Å². The molecule has 0 saturated carbocycles. The lowest BCUT2D eigenvalue weighted by molar-refractivity contribution is -0.132. The molecule has 0 spiro atoms. The Morgan fingerprint density at radius 3 is 2.19 bits per heavy atom. The van der Waals surface area contributed by atoms with Crippen molar-refractivity contribution in [1.29, 1.82) is 0 Å². The Kier molecular flexibility index (Phi) is 6.64. The zero-order valence-electron chi connectivity index (χ0n) is 20.7. The second-order valence-corrected chi connectivity index (χ2v) is 8.64. The van der Waals surface area contributed by atoms with E-state index in [0.29, 0.717) is 41.5 Å². The molecule has 1 atom stereocenters. The van der Waals surface area contributed by atoms with Crippen molar-refractivity contribution in [2.24, 2.45) is 0 Å². The van der Waals surface area contributed by atoms with Gasteiger partial charge in [-0.2, -0.15) is 0 Å². The van der Waals surface area contributed by atoms with Crippen molar-refractivity contribution < 1.29 is 24.2 Å². The van der Waals surface area contributed by atoms with Crippen molar-refractivity contribution in [3.05, 3.63) is 108 Å². The molecule has 186 valence electrons. The van der Waals surface area contributed by atoms with Crippen LogP contribution in [-0.2, 0) is 9.59 Å². The summed E-state index contributed by atoms with van der Waals surface area (Å²) in [5.41, 5.74) is 1.69. The molecule has 0 bridgehead atoms. The quantitative estimate of drug-likeness (QED) is 0.187. The van der Waals surface area contributed by atoms with Crippen LogP contribution in [-0.4, -0.2) is 30.0 Å². The number of carbonyl (C=O) groups is 2. The lowest BCUT2D eigenvalue weighted by Crippen LogP contribution is -2.29. The molecule has 1 heterocycles. The number of hydrogen-bond acceptors (Lipinski definition) is 5. The number of Topliss-reactive ketones (excluding diaryl/α,β-unsaturated/α-hetero) is 1. The third-order valence-corrected chi connectivity index (χ3v) is 6.39. The minimum Gasteiger partial charge on any atom is -0.507 e. The number of fused-ring (bicyclic) bond motifs is 1. The molecule has 1 saturated heterocycles. The number of aliphatic hydroxyl groups excluding tert-OH is 1. The van der Waals surface area contributed by atoms with Crippen LogP contribution in [0.3, 0.4) is 0 Å². The molecule has 5 rings (SSSR count). The van der Waals surface area contributed by atoms with Crippen molar-refractivity contribution in [2.45, 2.75) is 19.9 Å². The molecule has 0 aromatic heterocycles. The van der Waals surface area contributed by atoms with Crippen LogP contribution in [0.5, 0.6) is 11.5 Å². The molecule has 1 amide bonds. The smallest absolute Gasteiger partial charge is 0.300 e. The highest BCUT2D eigenvalue weighted by Crippen LogP contribution is 2.44. The number of rotatable bonds is 7. The predicted octanol–water partition coefficient (Wildman–Crippen LogP) is 6.26. The highest BCUT2D eigenvalue weighted by Gasteiger charge is 2.47. The number of ketones is 1. The maximum Gasteiger partial charge on any atom is 0.300 e. The number of ether oxygens (including phenoxy) is 2. The second-order valence-electron chi connectivity index (χ2n) is 8.64. The van der Waals surface area contributed by atoms with E-state index in [2.05, 4.69) is 0 Å². The van der Waals surface area contributed by atoms with Crippen LogP contribution in [0.15, 0.2) is 96.6 Å². The topological polar surface area (TPSA) is 76.1 Å². The fourth-order valence-corrected chi connectivity index (χ4v) is 4.73. The maximum absolute atomic E-state index is 13.5. The van der Waals surface area contributed by atoms with Gasteiger partial charge >= 0.3 is 0 Å². The van der Waals surface area contributed by atoms with Gasteiger partial charge < -0.3 is 14.6 Å². The van der Waals surface area contributed by atoms with E-state index in [9.17, 15) is 14.7 Å². The van der Waals surface area contributed by atoms with E-state index >= 15 is 0 Å². The Morgan fingerprint density at radius 2 is 1.46 bits per heavy atom. The third kappa shape index (κ3) is 4.42. The Balaban J connectivity index is 1.69. The molecule has 1 N–H and O–H groups in total. The van der Waals surface area contributed by atoms with Gasteiger partial charge in [-0.3, -0.25) is 14.5 Å². The molecule has 37 heavy (non-hydrogen) atoms. The standard InChI is InChI=1S/C31H27NO5/c1-3-36-25-17-16-24(19-26(25)37-4-2)32-28(21-11-6-5-7-12-21)27(30(34)31(32)35)29(33)23-15-14-20-10-8-9-13-22(20)18-23/h5-19,28,33H,3-4H2,1-2H3/b29-27-. The molecule has 0 aliphatic carbocycles. The molecule has 6 heteroatoms. The lowest BCUT2D eigenvalue weighted by atomic mass is 9.94. The second kappa shape index (κ2) is 10.2. The van der Waals surface area contributed by atoms with Crippen LogP contribution < -0.4 is 14.4 Å². The van der Waals surface area contributed by atoms with Crippen LogP contribution in [0.25, 0.3) is 16.5 Å². The summed E-state index contributed by atoms with van der Waals surface area (Å²) in [4.78, 5) is 28.4. The van der Waals surface area contributed by atoms with E-state index in [1.165, 1.54) is 4.90 Å². The van der Waals surface area contributed by atoms with Gasteiger partial charge in [0.2, 0.25) is 0 Å². The number of amides is 1. The van der Waals surface area contributed by atoms with Crippen molar-refractivity contribution in [3.8, 4) is 11.5 Å². The van der Waals surface area contributed by atoms with Gasteiger partial charge in [0.25, 0.3) is 11.7 Å². The van der Waals surface area contributed by atoms with Gasteiger partial charge in [0.1, 0.15) is 5.76 Å². The number of anilines is 1.